The molecule has 0 bridgehead atoms. The zero-order valence-electron chi connectivity index (χ0n) is 30.1. The number of unbranched alkanes of at least 4 members (excludes halogenated alkanes) is 6. The Balaban J connectivity index is 0.000000841. The number of ether oxygens (including phenoxy) is 2. The maximum Gasteiger partial charge on any atom is 0.270 e. The number of hydrogen-bond donors (Lipinski definition) is 2. The number of likely N-dealkylation sites (tertiary alicyclic amines) is 1. The zero-order chi connectivity index (χ0) is 34.6. The van der Waals surface area contributed by atoms with Gasteiger partial charge >= 0.3 is 0 Å². The highest BCUT2D eigenvalue weighted by atomic mass is 16.5. The molecule has 1 atom stereocenters. The summed E-state index contributed by atoms with van der Waals surface area (Å²) in [5.41, 5.74) is 8.38. The first kappa shape index (κ1) is 42.6. The number of likely N-dealkylation sites (N-methyl/N-ethyl adjacent to an activating group) is 2. The minimum absolute atomic E-state index is 0.0128. The Labute approximate surface area is 280 Å². The number of nitrogens with two attached hydrogens (primary N) is 1. The first-order valence-corrected chi connectivity index (χ1v) is 17.3. The van der Waals surface area contributed by atoms with E-state index in [4.69, 9.17) is 15.2 Å². The largest absolute Gasteiger partial charge is 0.494 e. The predicted octanol–water partition coefficient (Wildman–Crippen LogP) is 7.53. The lowest BCUT2D eigenvalue weighted by Gasteiger charge is -2.20. The number of benzene rings is 2. The topological polar surface area (TPSA) is 97.1 Å². The van der Waals surface area contributed by atoms with E-state index in [1.54, 1.807) is 12.1 Å². The molecule has 3 rings (SSSR count). The second-order valence-corrected chi connectivity index (χ2v) is 11.0. The van der Waals surface area contributed by atoms with Crippen LogP contribution in [0.3, 0.4) is 0 Å². The van der Waals surface area contributed by atoms with Crippen LogP contribution < -0.4 is 11.1 Å². The number of hydrogen-bond acceptors (Lipinski definition) is 6. The highest BCUT2D eigenvalue weighted by Gasteiger charge is 2.27. The van der Waals surface area contributed by atoms with Crippen LogP contribution in [0.1, 0.15) is 107 Å². The number of carbonyl (C=O) groups is 2. The van der Waals surface area contributed by atoms with Crippen molar-refractivity contribution in [1.82, 2.24) is 15.1 Å². The van der Waals surface area contributed by atoms with Crippen LogP contribution in [0.2, 0.25) is 0 Å². The Hall–Kier alpha value is -3.36. The molecule has 0 radical (unpaired) electrons. The van der Waals surface area contributed by atoms with E-state index < -0.39 is 0 Å². The second kappa shape index (κ2) is 27.9. The van der Waals surface area contributed by atoms with Gasteiger partial charge in [0, 0.05) is 38.3 Å². The fourth-order valence-electron chi connectivity index (χ4n) is 4.62. The SMILES string of the molecule is CC.CC.CCCCCCCCCOCc1ccccc1.CNC(=O)/C(N)=C/OCc1ccc(C(=O)N2CC[C@@H](N(C)C)C2)cc1. The summed E-state index contributed by atoms with van der Waals surface area (Å²) in [4.78, 5) is 27.8. The Kier molecular flexibility index (Phi) is 25.9. The van der Waals surface area contributed by atoms with Crippen molar-refractivity contribution in [2.75, 3.05) is 40.8 Å². The van der Waals surface area contributed by atoms with Crippen molar-refractivity contribution in [2.45, 2.75) is 105 Å². The Morgan fingerprint density at radius 2 is 1.48 bits per heavy atom. The summed E-state index contributed by atoms with van der Waals surface area (Å²) in [5, 5.41) is 2.41. The maximum absolute atomic E-state index is 12.5. The van der Waals surface area contributed by atoms with Crippen molar-refractivity contribution in [2.24, 2.45) is 5.73 Å². The van der Waals surface area contributed by atoms with Crippen molar-refractivity contribution < 1.29 is 19.1 Å². The lowest BCUT2D eigenvalue weighted by atomic mass is 10.1. The summed E-state index contributed by atoms with van der Waals surface area (Å²) in [6.07, 6.45) is 11.7. The minimum Gasteiger partial charge on any atom is -0.494 e. The average molecular weight is 641 g/mol. The van der Waals surface area contributed by atoms with Gasteiger partial charge in [0.15, 0.2) is 0 Å². The van der Waals surface area contributed by atoms with E-state index >= 15 is 0 Å². The van der Waals surface area contributed by atoms with Crippen molar-refractivity contribution in [1.29, 1.82) is 0 Å². The molecule has 0 spiro atoms. The van der Waals surface area contributed by atoms with E-state index in [2.05, 4.69) is 41.4 Å². The van der Waals surface area contributed by atoms with E-state index in [-0.39, 0.29) is 24.1 Å². The Morgan fingerprint density at radius 3 is 2.04 bits per heavy atom. The third kappa shape index (κ3) is 18.6. The van der Waals surface area contributed by atoms with Crippen molar-refractivity contribution in [3.8, 4) is 0 Å². The summed E-state index contributed by atoms with van der Waals surface area (Å²) in [6, 6.07) is 18.1. The molecular formula is C38H64N4O4. The first-order chi connectivity index (χ1) is 22.3. The molecule has 0 aliphatic carbocycles. The van der Waals surface area contributed by atoms with Gasteiger partial charge < -0.3 is 30.3 Å². The van der Waals surface area contributed by atoms with Gasteiger partial charge in [-0.2, -0.15) is 0 Å². The molecule has 2 aromatic rings. The highest BCUT2D eigenvalue weighted by molar-refractivity contribution is 5.94. The molecule has 46 heavy (non-hydrogen) atoms. The molecule has 2 aromatic carbocycles. The van der Waals surface area contributed by atoms with Gasteiger partial charge in [-0.25, -0.2) is 0 Å². The average Bonchev–Trinajstić information content (AvgIpc) is 3.61. The Morgan fingerprint density at radius 1 is 0.891 bits per heavy atom. The summed E-state index contributed by atoms with van der Waals surface area (Å²) >= 11 is 0. The number of amides is 2. The van der Waals surface area contributed by atoms with Gasteiger partial charge in [-0.05, 0) is 50.2 Å². The molecule has 8 nitrogen and oxygen atoms in total. The standard InChI is InChI=1S/C18H26N4O3.C16H26O.2C2H6/c1-20-17(23)16(19)12-25-11-13-4-6-14(7-5-13)18(24)22-9-8-15(10-22)21(2)3;1-2-3-4-5-6-7-11-14-17-15-16-12-9-8-10-13-16;2*1-2/h4-7,12,15H,8-11,19H2,1-3H3,(H,20,23);8-10,12-13H,2-7,11,14-15H2,1H3;2*1-2H3/b16-12-;;;/t15-;;;/m1.../s1. The van der Waals surface area contributed by atoms with Crippen LogP contribution in [-0.2, 0) is 27.5 Å². The molecular weight excluding hydrogens is 576 g/mol. The fourth-order valence-corrected chi connectivity index (χ4v) is 4.62. The quantitative estimate of drug-likeness (QED) is 0.112. The van der Waals surface area contributed by atoms with Crippen LogP contribution in [0.15, 0.2) is 66.6 Å². The van der Waals surface area contributed by atoms with Gasteiger partial charge in [0.05, 0.1) is 6.61 Å². The van der Waals surface area contributed by atoms with Crippen LogP contribution >= 0.6 is 0 Å². The monoisotopic (exact) mass is 640 g/mol. The zero-order valence-corrected chi connectivity index (χ0v) is 30.1. The molecule has 260 valence electrons. The van der Waals surface area contributed by atoms with Crippen molar-refractivity contribution in [3.63, 3.8) is 0 Å². The van der Waals surface area contributed by atoms with Crippen LogP contribution in [-0.4, -0.2) is 68.5 Å². The number of rotatable bonds is 16. The van der Waals surface area contributed by atoms with E-state index in [9.17, 15) is 9.59 Å². The molecule has 1 saturated heterocycles. The van der Waals surface area contributed by atoms with Gasteiger partial charge in [0.25, 0.3) is 11.8 Å². The predicted molar refractivity (Wildman–Crippen MR) is 192 cm³/mol. The summed E-state index contributed by atoms with van der Waals surface area (Å²) in [6.45, 7) is 13.8. The van der Waals surface area contributed by atoms with E-state index in [0.29, 0.717) is 11.6 Å². The third-order valence-electron chi connectivity index (χ3n) is 7.34. The summed E-state index contributed by atoms with van der Waals surface area (Å²) in [7, 11) is 5.58. The molecule has 0 saturated carbocycles. The number of nitrogens with one attached hydrogen (secondary N) is 1. The van der Waals surface area contributed by atoms with Crippen LogP contribution in [0, 0.1) is 0 Å². The fraction of sp³-hybridized carbons (Fsp3) is 0.579. The van der Waals surface area contributed by atoms with Gasteiger partial charge in [-0.3, -0.25) is 9.59 Å². The molecule has 1 aliphatic rings. The molecule has 3 N–H and O–H groups in total. The van der Waals surface area contributed by atoms with Crippen LogP contribution in [0.25, 0.3) is 0 Å². The van der Waals surface area contributed by atoms with E-state index in [1.807, 2.05) is 64.9 Å². The number of nitrogens with zero attached hydrogens (tertiary/aromatic N) is 2. The first-order valence-electron chi connectivity index (χ1n) is 17.3. The molecule has 2 amide bonds. The smallest absolute Gasteiger partial charge is 0.270 e. The van der Waals surface area contributed by atoms with Crippen LogP contribution in [0.5, 0.6) is 0 Å². The van der Waals surface area contributed by atoms with Gasteiger partial charge in [0.2, 0.25) is 0 Å². The summed E-state index contributed by atoms with van der Waals surface area (Å²) < 4.78 is 10.9. The molecule has 0 unspecified atom stereocenters. The van der Waals surface area contributed by atoms with Crippen molar-refractivity contribution in [3.05, 3.63) is 83.2 Å². The Bertz CT molecular complexity index is 1060. The molecule has 1 aliphatic heterocycles. The van der Waals surface area contributed by atoms with Gasteiger partial charge in [0.1, 0.15) is 18.6 Å². The lowest BCUT2D eigenvalue weighted by molar-refractivity contribution is -0.117. The van der Waals surface area contributed by atoms with E-state index in [0.717, 1.165) is 38.3 Å². The molecule has 8 heteroatoms. The van der Waals surface area contributed by atoms with Gasteiger partial charge in [-0.15, -0.1) is 0 Å². The molecule has 1 fully saturated rings. The molecule has 0 aromatic heterocycles. The normalized spacial score (nSPS) is 13.8. The third-order valence-corrected chi connectivity index (χ3v) is 7.34. The lowest BCUT2D eigenvalue weighted by Crippen LogP contribution is -2.34. The summed E-state index contributed by atoms with van der Waals surface area (Å²) in [5.74, 6) is -0.330. The van der Waals surface area contributed by atoms with E-state index in [1.165, 1.54) is 63.8 Å². The van der Waals surface area contributed by atoms with Crippen molar-refractivity contribution >= 4 is 11.8 Å². The van der Waals surface area contributed by atoms with Gasteiger partial charge in [-0.1, -0.05) is 116 Å². The second-order valence-electron chi connectivity index (χ2n) is 11.0. The number of carbonyl (C=O) groups excluding carboxylic acids is 2. The maximum atomic E-state index is 12.5. The molecule has 1 heterocycles. The highest BCUT2D eigenvalue weighted by Crippen LogP contribution is 2.17. The minimum atomic E-state index is -0.386. The van der Waals surface area contributed by atoms with Crippen LogP contribution in [0.4, 0.5) is 0 Å².